The molecule has 2 aliphatic carbocycles. The van der Waals surface area contributed by atoms with Crippen molar-refractivity contribution in [3.8, 4) is 0 Å². The van der Waals surface area contributed by atoms with Crippen molar-refractivity contribution in [3.05, 3.63) is 47.5 Å². The highest BCUT2D eigenvalue weighted by molar-refractivity contribution is 5.92. The van der Waals surface area contributed by atoms with Crippen LogP contribution in [0.3, 0.4) is 0 Å². The van der Waals surface area contributed by atoms with E-state index in [2.05, 4.69) is 26.6 Å². The Morgan fingerprint density at radius 1 is 1.12 bits per heavy atom. The first-order valence-corrected chi connectivity index (χ1v) is 9.57. The third-order valence-electron chi connectivity index (χ3n) is 5.64. The van der Waals surface area contributed by atoms with E-state index in [-0.39, 0.29) is 11.9 Å². The Kier molecular flexibility index (Phi) is 3.76. The number of hydrogen-bond donors (Lipinski definition) is 3. The van der Waals surface area contributed by atoms with Crippen molar-refractivity contribution in [1.82, 2.24) is 25.5 Å². The highest BCUT2D eigenvalue weighted by Crippen LogP contribution is 2.39. The van der Waals surface area contributed by atoms with Crippen LogP contribution in [-0.2, 0) is 0 Å². The quantitative estimate of drug-likeness (QED) is 0.672. The van der Waals surface area contributed by atoms with Crippen molar-refractivity contribution in [2.45, 2.75) is 56.4 Å². The van der Waals surface area contributed by atoms with Crippen molar-refractivity contribution in [3.63, 3.8) is 0 Å². The van der Waals surface area contributed by atoms with E-state index in [1.165, 1.54) is 12.8 Å². The Bertz CT molecular complexity index is 905. The molecule has 2 fully saturated rings. The Morgan fingerprint density at radius 3 is 2.85 bits per heavy atom. The van der Waals surface area contributed by atoms with E-state index in [9.17, 15) is 4.79 Å². The number of carbonyl (C=O) groups is 1. The van der Waals surface area contributed by atoms with E-state index in [0.717, 1.165) is 48.2 Å². The number of amides is 1. The molecule has 5 rings (SSSR count). The van der Waals surface area contributed by atoms with Gasteiger partial charge in [0.15, 0.2) is 0 Å². The molecule has 134 valence electrons. The molecule has 2 saturated carbocycles. The van der Waals surface area contributed by atoms with Gasteiger partial charge in [-0.3, -0.25) is 9.89 Å². The van der Waals surface area contributed by atoms with Crippen LogP contribution in [0.25, 0.3) is 11.0 Å². The molecule has 0 spiro atoms. The topological polar surface area (TPSA) is 86.5 Å². The number of nitrogens with one attached hydrogen (secondary N) is 3. The van der Waals surface area contributed by atoms with Gasteiger partial charge in [0.05, 0.1) is 16.7 Å². The summed E-state index contributed by atoms with van der Waals surface area (Å²) >= 11 is 0. The summed E-state index contributed by atoms with van der Waals surface area (Å²) in [5.74, 6) is 1.92. The molecule has 2 atom stereocenters. The highest BCUT2D eigenvalue weighted by Gasteiger charge is 2.29. The SMILES string of the molecule is O=C(NC1CCCC(c2nc3ccccc3[nH]2)C1)c1cc(C2CC2)n[nH]1. The number of imidazole rings is 1. The van der Waals surface area contributed by atoms with E-state index in [0.29, 0.717) is 17.5 Å². The van der Waals surface area contributed by atoms with Gasteiger partial charge in [0, 0.05) is 17.9 Å². The summed E-state index contributed by atoms with van der Waals surface area (Å²) in [5.41, 5.74) is 3.70. The van der Waals surface area contributed by atoms with Crippen LogP contribution in [0, 0.1) is 0 Å². The first-order valence-electron chi connectivity index (χ1n) is 9.57. The fraction of sp³-hybridized carbons (Fsp3) is 0.450. The van der Waals surface area contributed by atoms with Gasteiger partial charge in [-0.2, -0.15) is 5.10 Å². The lowest BCUT2D eigenvalue weighted by Crippen LogP contribution is -2.38. The minimum atomic E-state index is -0.0420. The molecular formula is C20H23N5O. The van der Waals surface area contributed by atoms with Gasteiger partial charge in [-0.05, 0) is 50.3 Å². The zero-order valence-corrected chi connectivity index (χ0v) is 14.7. The smallest absolute Gasteiger partial charge is 0.269 e. The van der Waals surface area contributed by atoms with Crippen molar-refractivity contribution < 1.29 is 4.79 Å². The summed E-state index contributed by atoms with van der Waals surface area (Å²) in [6.45, 7) is 0. The third kappa shape index (κ3) is 3.00. The van der Waals surface area contributed by atoms with E-state index in [1.54, 1.807) is 0 Å². The minimum absolute atomic E-state index is 0.0420. The average molecular weight is 349 g/mol. The zero-order chi connectivity index (χ0) is 17.5. The maximum atomic E-state index is 12.5. The number of aromatic nitrogens is 4. The number of nitrogens with zero attached hydrogens (tertiary/aromatic N) is 2. The number of para-hydroxylation sites is 2. The molecule has 3 N–H and O–H groups in total. The van der Waals surface area contributed by atoms with E-state index in [4.69, 9.17) is 4.98 Å². The van der Waals surface area contributed by atoms with Crippen LogP contribution in [-0.4, -0.2) is 32.1 Å². The van der Waals surface area contributed by atoms with E-state index < -0.39 is 0 Å². The summed E-state index contributed by atoms with van der Waals surface area (Å²) in [7, 11) is 0. The molecule has 0 aliphatic heterocycles. The molecule has 2 heterocycles. The Labute approximate surface area is 151 Å². The summed E-state index contributed by atoms with van der Waals surface area (Å²) in [4.78, 5) is 20.8. The second kappa shape index (κ2) is 6.27. The summed E-state index contributed by atoms with van der Waals surface area (Å²) in [5, 5.41) is 10.4. The van der Waals surface area contributed by atoms with Crippen molar-refractivity contribution in [2.75, 3.05) is 0 Å². The Hall–Kier alpha value is -2.63. The minimum Gasteiger partial charge on any atom is -0.348 e. The normalized spacial score (nSPS) is 23.2. The lowest BCUT2D eigenvalue weighted by molar-refractivity contribution is 0.0919. The van der Waals surface area contributed by atoms with Gasteiger partial charge in [0.25, 0.3) is 5.91 Å². The van der Waals surface area contributed by atoms with Crippen LogP contribution in [0.2, 0.25) is 0 Å². The summed E-state index contributed by atoms with van der Waals surface area (Å²) in [6, 6.07) is 10.2. The maximum Gasteiger partial charge on any atom is 0.269 e. The summed E-state index contributed by atoms with van der Waals surface area (Å²) < 4.78 is 0. The maximum absolute atomic E-state index is 12.5. The van der Waals surface area contributed by atoms with Gasteiger partial charge in [0.2, 0.25) is 0 Å². The molecule has 0 saturated heterocycles. The molecule has 1 amide bonds. The number of aromatic amines is 2. The van der Waals surface area contributed by atoms with Crippen molar-refractivity contribution >= 4 is 16.9 Å². The van der Waals surface area contributed by atoms with E-state index >= 15 is 0 Å². The fourth-order valence-electron chi connectivity index (χ4n) is 4.04. The molecule has 3 aromatic rings. The standard InChI is InChI=1S/C20H23N5O/c26-20(18-11-17(24-25-18)12-8-9-12)21-14-5-3-4-13(10-14)19-22-15-6-1-2-7-16(15)23-19/h1-2,6-7,11-14H,3-5,8-10H2,(H,21,26)(H,22,23)(H,24,25). The van der Waals surface area contributed by atoms with Crippen LogP contribution in [0.4, 0.5) is 0 Å². The second-order valence-corrected chi connectivity index (χ2v) is 7.65. The molecule has 6 heteroatoms. The molecule has 1 aromatic carbocycles. The van der Waals surface area contributed by atoms with Crippen LogP contribution < -0.4 is 5.32 Å². The largest absolute Gasteiger partial charge is 0.348 e. The number of fused-ring (bicyclic) bond motifs is 1. The molecule has 2 aliphatic rings. The zero-order valence-electron chi connectivity index (χ0n) is 14.7. The molecular weight excluding hydrogens is 326 g/mol. The van der Waals surface area contributed by atoms with Crippen LogP contribution in [0.15, 0.2) is 30.3 Å². The molecule has 6 nitrogen and oxygen atoms in total. The van der Waals surface area contributed by atoms with Gasteiger partial charge in [0.1, 0.15) is 11.5 Å². The van der Waals surface area contributed by atoms with Crippen molar-refractivity contribution in [1.29, 1.82) is 0 Å². The van der Waals surface area contributed by atoms with Gasteiger partial charge >= 0.3 is 0 Å². The predicted octanol–water partition coefficient (Wildman–Crippen LogP) is 3.62. The van der Waals surface area contributed by atoms with E-state index in [1.807, 2.05) is 24.3 Å². The highest BCUT2D eigenvalue weighted by atomic mass is 16.2. The molecule has 0 radical (unpaired) electrons. The molecule has 2 unspecified atom stereocenters. The molecule has 2 aromatic heterocycles. The first kappa shape index (κ1) is 15.6. The second-order valence-electron chi connectivity index (χ2n) is 7.65. The number of carbonyl (C=O) groups excluding carboxylic acids is 1. The Morgan fingerprint density at radius 2 is 2.00 bits per heavy atom. The van der Waals surface area contributed by atoms with Crippen LogP contribution >= 0.6 is 0 Å². The third-order valence-corrected chi connectivity index (χ3v) is 5.64. The monoisotopic (exact) mass is 349 g/mol. The van der Waals surface area contributed by atoms with Gasteiger partial charge in [-0.15, -0.1) is 0 Å². The van der Waals surface area contributed by atoms with Gasteiger partial charge in [-0.1, -0.05) is 18.6 Å². The molecule has 0 bridgehead atoms. The first-order chi connectivity index (χ1) is 12.8. The Balaban J connectivity index is 1.26. The summed E-state index contributed by atoms with van der Waals surface area (Å²) in [6.07, 6.45) is 6.54. The van der Waals surface area contributed by atoms with Gasteiger partial charge in [-0.25, -0.2) is 4.98 Å². The lowest BCUT2D eigenvalue weighted by atomic mass is 9.85. The van der Waals surface area contributed by atoms with Crippen LogP contribution in [0.5, 0.6) is 0 Å². The number of benzene rings is 1. The number of rotatable bonds is 4. The lowest BCUT2D eigenvalue weighted by Gasteiger charge is -2.28. The number of hydrogen-bond acceptors (Lipinski definition) is 3. The average Bonchev–Trinajstić information content (AvgIpc) is 3.22. The van der Waals surface area contributed by atoms with Crippen molar-refractivity contribution in [2.24, 2.45) is 0 Å². The number of H-pyrrole nitrogens is 2. The molecule has 26 heavy (non-hydrogen) atoms. The predicted molar refractivity (Wildman–Crippen MR) is 99.1 cm³/mol. The van der Waals surface area contributed by atoms with Crippen LogP contribution in [0.1, 0.15) is 72.4 Å². The van der Waals surface area contributed by atoms with Gasteiger partial charge < -0.3 is 10.3 Å². The fourth-order valence-corrected chi connectivity index (χ4v) is 4.04.